The number of benzene rings is 3. The van der Waals surface area contributed by atoms with Crippen LogP contribution in [0, 0.1) is 6.92 Å². The molecule has 0 bridgehead atoms. The van der Waals surface area contributed by atoms with Gasteiger partial charge in [-0.1, -0.05) is 54.1 Å². The minimum atomic E-state index is 0.385. The molecule has 0 radical (unpaired) electrons. The number of hydrogen-bond acceptors (Lipinski definition) is 3. The Kier molecular flexibility index (Phi) is 4.56. The molecule has 1 N–H and O–H groups in total. The van der Waals surface area contributed by atoms with Crippen LogP contribution in [0.25, 0.3) is 11.0 Å². The lowest BCUT2D eigenvalue weighted by atomic mass is 10.2. The predicted molar refractivity (Wildman–Crippen MR) is 102 cm³/mol. The topological polar surface area (TPSA) is 47.1 Å². The summed E-state index contributed by atoms with van der Waals surface area (Å²) in [5.74, 6) is 2.37. The maximum absolute atomic E-state index is 5.97. The standard InChI is InChI=1S/C22H20N2O2/c1-16-10-12-18(13-11-16)25-15-21-23-19-8-5-9-20(22(19)24-21)26-14-17-6-3-2-4-7-17/h2-13H,14-15H2,1H3,(H,23,24). The first-order valence-corrected chi connectivity index (χ1v) is 8.62. The van der Waals surface area contributed by atoms with Crippen LogP contribution in [0.2, 0.25) is 0 Å². The molecule has 0 spiro atoms. The molecule has 0 saturated carbocycles. The third kappa shape index (κ3) is 3.70. The number of aryl methyl sites for hydroxylation is 1. The van der Waals surface area contributed by atoms with E-state index < -0.39 is 0 Å². The van der Waals surface area contributed by atoms with E-state index in [9.17, 15) is 0 Å². The highest BCUT2D eigenvalue weighted by Gasteiger charge is 2.09. The molecule has 1 aromatic heterocycles. The maximum Gasteiger partial charge on any atom is 0.147 e. The van der Waals surface area contributed by atoms with Crippen molar-refractivity contribution in [1.82, 2.24) is 9.97 Å². The average molecular weight is 344 g/mol. The van der Waals surface area contributed by atoms with Gasteiger partial charge in [-0.25, -0.2) is 4.98 Å². The van der Waals surface area contributed by atoms with Crippen molar-refractivity contribution in [1.29, 1.82) is 0 Å². The van der Waals surface area contributed by atoms with Gasteiger partial charge in [0.25, 0.3) is 0 Å². The number of aromatic nitrogens is 2. The van der Waals surface area contributed by atoms with Crippen molar-refractivity contribution in [2.24, 2.45) is 0 Å². The van der Waals surface area contributed by atoms with Gasteiger partial charge in [-0.3, -0.25) is 0 Å². The van der Waals surface area contributed by atoms with Crippen molar-refractivity contribution < 1.29 is 9.47 Å². The highest BCUT2D eigenvalue weighted by molar-refractivity contribution is 5.81. The van der Waals surface area contributed by atoms with Crippen molar-refractivity contribution in [2.75, 3.05) is 0 Å². The summed E-state index contributed by atoms with van der Waals surface area (Å²) in [6.45, 7) is 2.96. The summed E-state index contributed by atoms with van der Waals surface area (Å²) in [7, 11) is 0. The highest BCUT2D eigenvalue weighted by atomic mass is 16.5. The molecule has 130 valence electrons. The van der Waals surface area contributed by atoms with E-state index in [2.05, 4.69) is 16.9 Å². The largest absolute Gasteiger partial charge is 0.487 e. The summed E-state index contributed by atoms with van der Waals surface area (Å²) in [4.78, 5) is 7.95. The van der Waals surface area contributed by atoms with Gasteiger partial charge < -0.3 is 14.5 Å². The Morgan fingerprint density at radius 2 is 1.62 bits per heavy atom. The molecule has 26 heavy (non-hydrogen) atoms. The second-order valence-electron chi connectivity index (χ2n) is 6.21. The monoisotopic (exact) mass is 344 g/mol. The number of ether oxygens (including phenoxy) is 2. The lowest BCUT2D eigenvalue weighted by Gasteiger charge is -2.06. The van der Waals surface area contributed by atoms with Crippen molar-refractivity contribution in [3.05, 3.63) is 89.7 Å². The zero-order valence-electron chi connectivity index (χ0n) is 14.6. The molecule has 0 amide bonds. The molecule has 0 saturated heterocycles. The Bertz CT molecular complexity index is 992. The van der Waals surface area contributed by atoms with E-state index in [1.807, 2.05) is 72.8 Å². The molecule has 1 heterocycles. The fraction of sp³-hybridized carbons (Fsp3) is 0.136. The quantitative estimate of drug-likeness (QED) is 0.534. The lowest BCUT2D eigenvalue weighted by Crippen LogP contribution is -1.97. The molecule has 0 unspecified atom stereocenters. The minimum absolute atomic E-state index is 0.385. The zero-order valence-corrected chi connectivity index (χ0v) is 14.6. The van der Waals surface area contributed by atoms with Crippen LogP contribution in [0.4, 0.5) is 0 Å². The van der Waals surface area contributed by atoms with Crippen LogP contribution in [-0.2, 0) is 13.2 Å². The molecule has 4 nitrogen and oxygen atoms in total. The molecule has 0 aliphatic rings. The van der Waals surface area contributed by atoms with Gasteiger partial charge in [-0.2, -0.15) is 0 Å². The van der Waals surface area contributed by atoms with Crippen LogP contribution in [0.15, 0.2) is 72.8 Å². The number of nitrogens with zero attached hydrogens (tertiary/aromatic N) is 1. The van der Waals surface area contributed by atoms with Crippen LogP contribution < -0.4 is 9.47 Å². The average Bonchev–Trinajstić information content (AvgIpc) is 3.10. The second-order valence-corrected chi connectivity index (χ2v) is 6.21. The van der Waals surface area contributed by atoms with Gasteiger partial charge in [0.15, 0.2) is 0 Å². The van der Waals surface area contributed by atoms with E-state index in [4.69, 9.17) is 9.47 Å². The third-order valence-corrected chi connectivity index (χ3v) is 4.16. The molecular weight excluding hydrogens is 324 g/mol. The lowest BCUT2D eigenvalue weighted by molar-refractivity contribution is 0.297. The van der Waals surface area contributed by atoms with Crippen LogP contribution in [0.5, 0.6) is 11.5 Å². The highest BCUT2D eigenvalue weighted by Crippen LogP contribution is 2.25. The first-order chi connectivity index (χ1) is 12.8. The van der Waals surface area contributed by atoms with Gasteiger partial charge in [0.1, 0.15) is 36.1 Å². The number of imidazole rings is 1. The van der Waals surface area contributed by atoms with Gasteiger partial charge in [0.2, 0.25) is 0 Å². The Balaban J connectivity index is 1.48. The third-order valence-electron chi connectivity index (χ3n) is 4.16. The molecule has 0 fully saturated rings. The number of para-hydroxylation sites is 1. The summed E-state index contributed by atoms with van der Waals surface area (Å²) < 4.78 is 11.8. The van der Waals surface area contributed by atoms with E-state index in [1.54, 1.807) is 0 Å². The number of fused-ring (bicyclic) bond motifs is 1. The van der Waals surface area contributed by atoms with Crippen LogP contribution >= 0.6 is 0 Å². The van der Waals surface area contributed by atoms with Crippen LogP contribution in [0.1, 0.15) is 17.0 Å². The number of hydrogen-bond donors (Lipinski definition) is 1. The second kappa shape index (κ2) is 7.31. The van der Waals surface area contributed by atoms with Crippen molar-refractivity contribution in [3.63, 3.8) is 0 Å². The Labute approximate surface area is 152 Å². The van der Waals surface area contributed by atoms with Gasteiger partial charge in [0, 0.05) is 0 Å². The molecule has 3 aromatic carbocycles. The number of nitrogens with one attached hydrogen (secondary N) is 1. The van der Waals surface area contributed by atoms with Gasteiger partial charge >= 0.3 is 0 Å². The van der Waals surface area contributed by atoms with E-state index >= 15 is 0 Å². The van der Waals surface area contributed by atoms with E-state index in [0.717, 1.165) is 33.9 Å². The summed E-state index contributed by atoms with van der Waals surface area (Å²) >= 11 is 0. The fourth-order valence-corrected chi connectivity index (χ4v) is 2.76. The molecule has 0 aliphatic carbocycles. The normalized spacial score (nSPS) is 10.8. The number of rotatable bonds is 6. The Morgan fingerprint density at radius 1 is 0.808 bits per heavy atom. The summed E-state index contributed by atoms with van der Waals surface area (Å²) in [6.07, 6.45) is 0. The maximum atomic E-state index is 5.97. The predicted octanol–water partition coefficient (Wildman–Crippen LogP) is 5.03. The summed E-state index contributed by atoms with van der Waals surface area (Å²) in [5, 5.41) is 0. The number of H-pyrrole nitrogens is 1. The minimum Gasteiger partial charge on any atom is -0.487 e. The summed E-state index contributed by atoms with van der Waals surface area (Å²) in [5.41, 5.74) is 4.10. The zero-order chi connectivity index (χ0) is 17.8. The number of aromatic amines is 1. The van der Waals surface area contributed by atoms with E-state index in [1.165, 1.54) is 5.56 Å². The van der Waals surface area contributed by atoms with Gasteiger partial charge in [-0.15, -0.1) is 0 Å². The van der Waals surface area contributed by atoms with Gasteiger partial charge in [0.05, 0.1) is 5.52 Å². The SMILES string of the molecule is Cc1ccc(OCc2nc3c(OCc4ccccc4)cccc3[nH]2)cc1. The first kappa shape index (κ1) is 16.2. The van der Waals surface area contributed by atoms with Crippen molar-refractivity contribution in [3.8, 4) is 11.5 Å². The molecule has 4 heteroatoms. The summed E-state index contributed by atoms with van der Waals surface area (Å²) in [6, 6.07) is 24.0. The Hall–Kier alpha value is -3.27. The van der Waals surface area contributed by atoms with E-state index in [0.29, 0.717) is 13.2 Å². The van der Waals surface area contributed by atoms with Crippen LogP contribution in [-0.4, -0.2) is 9.97 Å². The molecule has 0 aliphatic heterocycles. The van der Waals surface area contributed by atoms with Crippen molar-refractivity contribution >= 4 is 11.0 Å². The molecule has 4 rings (SSSR count). The van der Waals surface area contributed by atoms with Crippen molar-refractivity contribution in [2.45, 2.75) is 20.1 Å². The first-order valence-electron chi connectivity index (χ1n) is 8.62. The molecular formula is C22H20N2O2. The van der Waals surface area contributed by atoms with E-state index in [-0.39, 0.29) is 0 Å². The molecule has 0 atom stereocenters. The molecule has 4 aromatic rings. The van der Waals surface area contributed by atoms with Crippen LogP contribution in [0.3, 0.4) is 0 Å². The Morgan fingerprint density at radius 3 is 2.42 bits per heavy atom. The smallest absolute Gasteiger partial charge is 0.147 e. The van der Waals surface area contributed by atoms with Gasteiger partial charge in [-0.05, 0) is 36.8 Å². The fourth-order valence-electron chi connectivity index (χ4n) is 2.76.